The first kappa shape index (κ1) is 13.2. The van der Waals surface area contributed by atoms with Crippen molar-refractivity contribution in [3.8, 4) is 5.75 Å². The highest BCUT2D eigenvalue weighted by Gasteiger charge is 2.07. The maximum Gasteiger partial charge on any atom is 0.251 e. The first-order valence-corrected chi connectivity index (χ1v) is 6.03. The normalized spacial score (nSPS) is 12.2. The summed E-state index contributed by atoms with van der Waals surface area (Å²) in [5.74, 6) is -0.142. The standard InChI is InChI=1S/C11H14INO3/c1-7(14)4-5-13-11(16)8-2-3-9(12)10(15)6-8/h2-3,6-7,14-15H,4-5H2,1H3,(H,13,16). The number of aromatic hydroxyl groups is 1. The van der Waals surface area contributed by atoms with Gasteiger partial charge in [0.2, 0.25) is 0 Å². The predicted molar refractivity (Wildman–Crippen MR) is 69.5 cm³/mol. The third kappa shape index (κ3) is 3.97. The number of aliphatic hydroxyl groups is 1. The van der Waals surface area contributed by atoms with Crippen molar-refractivity contribution in [2.75, 3.05) is 6.54 Å². The van der Waals surface area contributed by atoms with Crippen LogP contribution in [0.1, 0.15) is 23.7 Å². The number of carbonyl (C=O) groups is 1. The fourth-order valence-corrected chi connectivity index (χ4v) is 1.49. The molecule has 0 saturated heterocycles. The molecule has 0 fully saturated rings. The molecule has 0 aliphatic heterocycles. The molecule has 0 aliphatic rings. The van der Waals surface area contributed by atoms with Crippen molar-refractivity contribution in [3.05, 3.63) is 27.3 Å². The second kappa shape index (κ2) is 6.05. The topological polar surface area (TPSA) is 69.6 Å². The van der Waals surface area contributed by atoms with E-state index in [1.165, 1.54) is 6.07 Å². The molecule has 16 heavy (non-hydrogen) atoms. The Hall–Kier alpha value is -0.820. The second-order valence-electron chi connectivity index (χ2n) is 3.56. The van der Waals surface area contributed by atoms with Crippen LogP contribution in [0, 0.1) is 3.57 Å². The summed E-state index contributed by atoms with van der Waals surface area (Å²) in [6.45, 7) is 2.09. The monoisotopic (exact) mass is 335 g/mol. The third-order valence-corrected chi connectivity index (χ3v) is 2.97. The maximum absolute atomic E-state index is 11.6. The molecule has 0 spiro atoms. The van der Waals surface area contributed by atoms with Crippen molar-refractivity contribution >= 4 is 28.5 Å². The van der Waals surface area contributed by atoms with Gasteiger partial charge in [-0.25, -0.2) is 0 Å². The Morgan fingerprint density at radius 3 is 2.81 bits per heavy atom. The number of halogens is 1. The molecule has 1 amide bonds. The number of hydrogen-bond donors (Lipinski definition) is 3. The molecule has 0 saturated carbocycles. The number of phenols is 1. The van der Waals surface area contributed by atoms with E-state index in [4.69, 9.17) is 5.11 Å². The van der Waals surface area contributed by atoms with Crippen LogP contribution >= 0.6 is 22.6 Å². The molecule has 0 heterocycles. The Bertz CT molecular complexity index is 379. The van der Waals surface area contributed by atoms with Gasteiger partial charge in [-0.3, -0.25) is 4.79 Å². The smallest absolute Gasteiger partial charge is 0.251 e. The van der Waals surface area contributed by atoms with E-state index in [0.717, 1.165) is 0 Å². The lowest BCUT2D eigenvalue weighted by Gasteiger charge is -2.07. The summed E-state index contributed by atoms with van der Waals surface area (Å²) in [4.78, 5) is 11.6. The number of amides is 1. The minimum atomic E-state index is -0.426. The number of phenolic OH excluding ortho intramolecular Hbond substituents is 1. The number of carbonyl (C=O) groups excluding carboxylic acids is 1. The van der Waals surface area contributed by atoms with Gasteiger partial charge in [-0.05, 0) is 54.1 Å². The van der Waals surface area contributed by atoms with E-state index in [2.05, 4.69) is 5.32 Å². The summed E-state index contributed by atoms with van der Waals surface area (Å²) in [7, 11) is 0. The minimum Gasteiger partial charge on any atom is -0.507 e. The Balaban J connectivity index is 2.56. The molecule has 4 nitrogen and oxygen atoms in total. The molecular weight excluding hydrogens is 321 g/mol. The molecule has 1 aromatic carbocycles. The van der Waals surface area contributed by atoms with Gasteiger partial charge in [-0.2, -0.15) is 0 Å². The van der Waals surface area contributed by atoms with Gasteiger partial charge < -0.3 is 15.5 Å². The molecule has 1 aromatic rings. The highest BCUT2D eigenvalue weighted by atomic mass is 127. The lowest BCUT2D eigenvalue weighted by atomic mass is 10.2. The van der Waals surface area contributed by atoms with Crippen LogP contribution in [0.5, 0.6) is 5.75 Å². The van der Waals surface area contributed by atoms with Crippen LogP contribution in [-0.4, -0.2) is 28.8 Å². The number of aliphatic hydroxyl groups excluding tert-OH is 1. The third-order valence-electron chi connectivity index (χ3n) is 2.06. The number of benzene rings is 1. The predicted octanol–water partition coefficient (Wildman–Crippen LogP) is 1.50. The van der Waals surface area contributed by atoms with Gasteiger partial charge in [0.25, 0.3) is 5.91 Å². The molecule has 5 heteroatoms. The lowest BCUT2D eigenvalue weighted by Crippen LogP contribution is -2.26. The Morgan fingerprint density at radius 2 is 2.25 bits per heavy atom. The van der Waals surface area contributed by atoms with Gasteiger partial charge in [-0.1, -0.05) is 0 Å². The van der Waals surface area contributed by atoms with E-state index in [1.54, 1.807) is 19.1 Å². The van der Waals surface area contributed by atoms with Crippen molar-refractivity contribution in [2.45, 2.75) is 19.4 Å². The van der Waals surface area contributed by atoms with E-state index in [9.17, 15) is 9.90 Å². The second-order valence-corrected chi connectivity index (χ2v) is 4.72. The van der Waals surface area contributed by atoms with Crippen molar-refractivity contribution < 1.29 is 15.0 Å². The molecule has 0 radical (unpaired) electrons. The summed E-state index contributed by atoms with van der Waals surface area (Å²) in [5.41, 5.74) is 0.420. The summed E-state index contributed by atoms with van der Waals surface area (Å²) in [5, 5.41) is 21.1. The largest absolute Gasteiger partial charge is 0.507 e. The van der Waals surface area contributed by atoms with Gasteiger partial charge in [0, 0.05) is 12.1 Å². The summed E-state index contributed by atoms with van der Waals surface area (Å²) in [6.07, 6.45) is 0.0904. The molecule has 88 valence electrons. The fraction of sp³-hybridized carbons (Fsp3) is 0.364. The first-order valence-electron chi connectivity index (χ1n) is 4.95. The quantitative estimate of drug-likeness (QED) is 0.731. The van der Waals surface area contributed by atoms with Crippen molar-refractivity contribution in [2.24, 2.45) is 0 Å². The molecule has 0 aromatic heterocycles. The zero-order chi connectivity index (χ0) is 12.1. The minimum absolute atomic E-state index is 0.101. The zero-order valence-corrected chi connectivity index (χ0v) is 11.1. The van der Waals surface area contributed by atoms with Crippen LogP contribution in [0.25, 0.3) is 0 Å². The molecule has 1 rings (SSSR count). The lowest BCUT2D eigenvalue weighted by molar-refractivity contribution is 0.0945. The van der Waals surface area contributed by atoms with Crippen molar-refractivity contribution in [3.63, 3.8) is 0 Å². The van der Waals surface area contributed by atoms with Crippen LogP contribution < -0.4 is 5.32 Å². The van der Waals surface area contributed by atoms with E-state index in [-0.39, 0.29) is 11.7 Å². The summed E-state index contributed by atoms with van der Waals surface area (Å²) in [6, 6.07) is 4.76. The van der Waals surface area contributed by atoms with Crippen LogP contribution in [-0.2, 0) is 0 Å². The fourth-order valence-electron chi connectivity index (χ4n) is 1.15. The molecular formula is C11H14INO3. The molecule has 1 unspecified atom stereocenters. The van der Waals surface area contributed by atoms with Crippen molar-refractivity contribution in [1.29, 1.82) is 0 Å². The Labute approximate surface area is 108 Å². The van der Waals surface area contributed by atoms with Gasteiger partial charge in [0.1, 0.15) is 5.75 Å². The van der Waals surface area contributed by atoms with E-state index >= 15 is 0 Å². The summed E-state index contributed by atoms with van der Waals surface area (Å²) < 4.78 is 0.707. The van der Waals surface area contributed by atoms with E-state index in [0.29, 0.717) is 22.1 Å². The van der Waals surface area contributed by atoms with Gasteiger partial charge >= 0.3 is 0 Å². The summed E-state index contributed by atoms with van der Waals surface area (Å²) >= 11 is 1.99. The average molecular weight is 335 g/mol. The zero-order valence-electron chi connectivity index (χ0n) is 8.90. The highest BCUT2D eigenvalue weighted by Crippen LogP contribution is 2.20. The van der Waals surface area contributed by atoms with E-state index < -0.39 is 6.10 Å². The van der Waals surface area contributed by atoms with Crippen LogP contribution in [0.4, 0.5) is 0 Å². The van der Waals surface area contributed by atoms with Crippen LogP contribution in [0.15, 0.2) is 18.2 Å². The van der Waals surface area contributed by atoms with Crippen molar-refractivity contribution in [1.82, 2.24) is 5.32 Å². The average Bonchev–Trinajstić information content (AvgIpc) is 2.21. The Kier molecular flexibility index (Phi) is 5.01. The molecule has 3 N–H and O–H groups in total. The van der Waals surface area contributed by atoms with Crippen LogP contribution in [0.3, 0.4) is 0 Å². The highest BCUT2D eigenvalue weighted by molar-refractivity contribution is 14.1. The van der Waals surface area contributed by atoms with E-state index in [1.807, 2.05) is 22.6 Å². The van der Waals surface area contributed by atoms with Crippen LogP contribution in [0.2, 0.25) is 0 Å². The first-order chi connectivity index (χ1) is 7.50. The van der Waals surface area contributed by atoms with Gasteiger partial charge in [0.05, 0.1) is 9.67 Å². The molecule has 1 atom stereocenters. The maximum atomic E-state index is 11.6. The van der Waals surface area contributed by atoms with Gasteiger partial charge in [0.15, 0.2) is 0 Å². The van der Waals surface area contributed by atoms with Gasteiger partial charge in [-0.15, -0.1) is 0 Å². The SMILES string of the molecule is CC(O)CCNC(=O)c1ccc(I)c(O)c1. The molecule has 0 aliphatic carbocycles. The Morgan fingerprint density at radius 1 is 1.56 bits per heavy atom. The number of nitrogens with one attached hydrogen (secondary N) is 1. The number of hydrogen-bond acceptors (Lipinski definition) is 3. The number of rotatable bonds is 4. The molecule has 0 bridgehead atoms.